The van der Waals surface area contributed by atoms with Crippen LogP contribution in [0.3, 0.4) is 0 Å². The molecule has 5 nitrogen and oxygen atoms in total. The highest BCUT2D eigenvalue weighted by molar-refractivity contribution is 7.93. The number of fused-ring (bicyclic) bond motifs is 1. The van der Waals surface area contributed by atoms with Crippen molar-refractivity contribution < 1.29 is 13.2 Å². The Hall–Kier alpha value is -3.38. The first-order valence-electron chi connectivity index (χ1n) is 8.75. The fourth-order valence-corrected chi connectivity index (χ4v) is 4.10. The standard InChI is InChI=1S/C22H18N2O3S/c25-28(26,21-10-4-8-18-9-5-15-23-22(18)21)24-19-11-13-20(14-12-19)27-16-17-6-2-1-3-7-17/h1-15,24H,16H2. The molecule has 140 valence electrons. The van der Waals surface area contributed by atoms with Gasteiger partial charge in [-0.2, -0.15) is 0 Å². The van der Waals surface area contributed by atoms with Crippen LogP contribution in [-0.2, 0) is 16.6 Å². The average molecular weight is 390 g/mol. The van der Waals surface area contributed by atoms with Crippen LogP contribution in [0, 0.1) is 0 Å². The highest BCUT2D eigenvalue weighted by atomic mass is 32.2. The van der Waals surface area contributed by atoms with Crippen molar-refractivity contribution >= 4 is 26.6 Å². The number of hydrogen-bond acceptors (Lipinski definition) is 4. The molecule has 0 saturated carbocycles. The fraction of sp³-hybridized carbons (Fsp3) is 0.0455. The van der Waals surface area contributed by atoms with Gasteiger partial charge in [0.1, 0.15) is 17.3 Å². The van der Waals surface area contributed by atoms with Crippen molar-refractivity contribution in [1.29, 1.82) is 0 Å². The number of sulfonamides is 1. The van der Waals surface area contributed by atoms with E-state index in [1.807, 2.05) is 42.5 Å². The van der Waals surface area contributed by atoms with Crippen molar-refractivity contribution in [2.45, 2.75) is 11.5 Å². The number of nitrogens with one attached hydrogen (secondary N) is 1. The number of pyridine rings is 1. The van der Waals surface area contributed by atoms with Crippen LogP contribution in [0.4, 0.5) is 5.69 Å². The van der Waals surface area contributed by atoms with Gasteiger partial charge in [-0.1, -0.05) is 48.5 Å². The molecule has 0 amide bonds. The third-order valence-corrected chi connectivity index (χ3v) is 5.65. The highest BCUT2D eigenvalue weighted by Crippen LogP contribution is 2.24. The van der Waals surface area contributed by atoms with Gasteiger partial charge in [-0.15, -0.1) is 0 Å². The summed E-state index contributed by atoms with van der Waals surface area (Å²) in [6, 6.07) is 25.4. The van der Waals surface area contributed by atoms with E-state index in [-0.39, 0.29) is 4.90 Å². The minimum Gasteiger partial charge on any atom is -0.489 e. The van der Waals surface area contributed by atoms with Crippen molar-refractivity contribution in [2.24, 2.45) is 0 Å². The van der Waals surface area contributed by atoms with Crippen LogP contribution in [0.1, 0.15) is 5.56 Å². The Labute approximate surface area is 163 Å². The summed E-state index contributed by atoms with van der Waals surface area (Å²) < 4.78 is 34.0. The lowest BCUT2D eigenvalue weighted by atomic mass is 10.2. The number of nitrogens with zero attached hydrogens (tertiary/aromatic N) is 1. The Kier molecular flexibility index (Phi) is 4.95. The van der Waals surface area contributed by atoms with Crippen LogP contribution < -0.4 is 9.46 Å². The van der Waals surface area contributed by atoms with Crippen molar-refractivity contribution in [1.82, 2.24) is 4.98 Å². The lowest BCUT2D eigenvalue weighted by Crippen LogP contribution is -2.13. The van der Waals surface area contributed by atoms with E-state index in [4.69, 9.17) is 4.74 Å². The Balaban J connectivity index is 1.50. The zero-order chi connectivity index (χ0) is 19.4. The Bertz CT molecular complexity index is 1190. The molecule has 4 aromatic rings. The van der Waals surface area contributed by atoms with E-state index in [9.17, 15) is 8.42 Å². The zero-order valence-electron chi connectivity index (χ0n) is 14.9. The largest absolute Gasteiger partial charge is 0.489 e. The van der Waals surface area contributed by atoms with E-state index in [0.29, 0.717) is 23.6 Å². The van der Waals surface area contributed by atoms with Crippen LogP contribution in [0.15, 0.2) is 96.0 Å². The molecular weight excluding hydrogens is 372 g/mol. The van der Waals surface area contributed by atoms with Gasteiger partial charge in [-0.05, 0) is 42.0 Å². The highest BCUT2D eigenvalue weighted by Gasteiger charge is 2.18. The maximum atomic E-state index is 12.8. The van der Waals surface area contributed by atoms with Crippen molar-refractivity contribution in [3.8, 4) is 5.75 Å². The molecule has 6 heteroatoms. The molecule has 3 aromatic carbocycles. The van der Waals surface area contributed by atoms with Gasteiger partial charge in [0.15, 0.2) is 0 Å². The summed E-state index contributed by atoms with van der Waals surface area (Å²) in [7, 11) is -3.76. The second-order valence-electron chi connectivity index (χ2n) is 6.24. The van der Waals surface area contributed by atoms with Crippen LogP contribution in [-0.4, -0.2) is 13.4 Å². The lowest BCUT2D eigenvalue weighted by molar-refractivity contribution is 0.306. The predicted molar refractivity (Wildman–Crippen MR) is 110 cm³/mol. The minimum absolute atomic E-state index is 0.148. The molecule has 1 heterocycles. The van der Waals surface area contributed by atoms with E-state index in [2.05, 4.69) is 9.71 Å². The van der Waals surface area contributed by atoms with Gasteiger partial charge < -0.3 is 4.74 Å². The van der Waals surface area contributed by atoms with Gasteiger partial charge in [-0.3, -0.25) is 9.71 Å². The first-order chi connectivity index (χ1) is 13.6. The van der Waals surface area contributed by atoms with Gasteiger partial charge in [0.25, 0.3) is 10.0 Å². The minimum atomic E-state index is -3.76. The smallest absolute Gasteiger partial charge is 0.264 e. The molecule has 0 saturated heterocycles. The molecule has 0 atom stereocenters. The summed E-state index contributed by atoms with van der Waals surface area (Å²) in [6.07, 6.45) is 1.58. The summed E-state index contributed by atoms with van der Waals surface area (Å²) in [5, 5.41) is 0.773. The number of anilines is 1. The van der Waals surface area contributed by atoms with Crippen LogP contribution in [0.5, 0.6) is 5.75 Å². The second kappa shape index (κ2) is 7.70. The van der Waals surface area contributed by atoms with Gasteiger partial charge in [-0.25, -0.2) is 8.42 Å². The molecule has 0 aliphatic heterocycles. The second-order valence-corrected chi connectivity index (χ2v) is 7.89. The van der Waals surface area contributed by atoms with Crippen molar-refractivity contribution in [3.05, 3.63) is 96.7 Å². The van der Waals surface area contributed by atoms with Gasteiger partial charge in [0.2, 0.25) is 0 Å². The van der Waals surface area contributed by atoms with Gasteiger partial charge >= 0.3 is 0 Å². The molecule has 0 bridgehead atoms. The van der Waals surface area contributed by atoms with E-state index < -0.39 is 10.0 Å². The van der Waals surface area contributed by atoms with E-state index in [1.165, 1.54) is 0 Å². The zero-order valence-corrected chi connectivity index (χ0v) is 15.8. The van der Waals surface area contributed by atoms with Crippen molar-refractivity contribution in [3.63, 3.8) is 0 Å². The predicted octanol–water partition coefficient (Wildman–Crippen LogP) is 4.61. The molecule has 4 rings (SSSR count). The first-order valence-corrected chi connectivity index (χ1v) is 10.2. The number of hydrogen-bond donors (Lipinski definition) is 1. The molecule has 0 unspecified atom stereocenters. The van der Waals surface area contributed by atoms with E-state index in [1.54, 1.807) is 48.7 Å². The maximum Gasteiger partial charge on any atom is 0.264 e. The Morgan fingerprint density at radius 3 is 2.36 bits per heavy atom. The molecule has 0 aliphatic carbocycles. The van der Waals surface area contributed by atoms with E-state index >= 15 is 0 Å². The quantitative estimate of drug-likeness (QED) is 0.522. The topological polar surface area (TPSA) is 68.3 Å². The van der Waals surface area contributed by atoms with Crippen LogP contribution in [0.2, 0.25) is 0 Å². The number of aromatic nitrogens is 1. The third kappa shape index (κ3) is 3.97. The molecule has 0 fully saturated rings. The fourth-order valence-electron chi connectivity index (χ4n) is 2.86. The number of para-hydroxylation sites is 1. The SMILES string of the molecule is O=S(=O)(Nc1ccc(OCc2ccccc2)cc1)c1cccc2cccnc12. The van der Waals surface area contributed by atoms with Crippen LogP contribution in [0.25, 0.3) is 10.9 Å². The molecule has 0 radical (unpaired) electrons. The Morgan fingerprint density at radius 1 is 0.821 bits per heavy atom. The maximum absolute atomic E-state index is 12.8. The molecule has 1 N–H and O–H groups in total. The number of benzene rings is 3. The van der Waals surface area contributed by atoms with Crippen molar-refractivity contribution in [2.75, 3.05) is 4.72 Å². The summed E-state index contributed by atoms with van der Waals surface area (Å²) in [5.74, 6) is 0.665. The Morgan fingerprint density at radius 2 is 1.57 bits per heavy atom. The molecule has 0 spiro atoms. The summed E-state index contributed by atoms with van der Waals surface area (Å²) in [5.41, 5.74) is 1.97. The van der Waals surface area contributed by atoms with E-state index in [0.717, 1.165) is 10.9 Å². The average Bonchev–Trinajstić information content (AvgIpc) is 2.73. The normalized spacial score (nSPS) is 11.3. The van der Waals surface area contributed by atoms with Gasteiger partial charge in [0, 0.05) is 17.3 Å². The first kappa shape index (κ1) is 18.0. The molecule has 0 aliphatic rings. The summed E-state index contributed by atoms with van der Waals surface area (Å²) in [4.78, 5) is 4.37. The van der Waals surface area contributed by atoms with Gasteiger partial charge in [0.05, 0.1) is 5.52 Å². The molecular formula is C22H18N2O3S. The number of ether oxygens (including phenoxy) is 1. The molecule has 28 heavy (non-hydrogen) atoms. The summed E-state index contributed by atoms with van der Waals surface area (Å²) >= 11 is 0. The van der Waals surface area contributed by atoms with Crippen LogP contribution >= 0.6 is 0 Å². The third-order valence-electron chi connectivity index (χ3n) is 4.24. The molecule has 1 aromatic heterocycles. The lowest BCUT2D eigenvalue weighted by Gasteiger charge is -2.11. The monoisotopic (exact) mass is 390 g/mol. The number of rotatable bonds is 6. The summed E-state index contributed by atoms with van der Waals surface area (Å²) in [6.45, 7) is 0.452.